The van der Waals surface area contributed by atoms with Crippen molar-refractivity contribution in [1.82, 2.24) is 10.2 Å². The van der Waals surface area contributed by atoms with Crippen molar-refractivity contribution in [3.05, 3.63) is 96.6 Å². The van der Waals surface area contributed by atoms with Crippen molar-refractivity contribution < 1.29 is 18.0 Å². The summed E-state index contributed by atoms with van der Waals surface area (Å²) in [4.78, 5) is 28.2. The predicted octanol–water partition coefficient (Wildman–Crippen LogP) is 4.07. The van der Waals surface area contributed by atoms with E-state index in [1.807, 2.05) is 44.2 Å². The lowest BCUT2D eigenvalue weighted by Crippen LogP contribution is -2.51. The van der Waals surface area contributed by atoms with Gasteiger partial charge in [0.15, 0.2) is 0 Å². The van der Waals surface area contributed by atoms with Gasteiger partial charge >= 0.3 is 0 Å². The number of amides is 2. The Morgan fingerprint density at radius 1 is 0.806 bits per heavy atom. The van der Waals surface area contributed by atoms with E-state index in [1.165, 1.54) is 17.0 Å². The summed E-state index contributed by atoms with van der Waals surface area (Å²) >= 11 is 0. The molecule has 3 aromatic rings. The first-order valence-corrected chi connectivity index (χ1v) is 13.4. The van der Waals surface area contributed by atoms with Gasteiger partial charge in [-0.3, -0.25) is 13.9 Å². The topological polar surface area (TPSA) is 86.8 Å². The molecule has 3 aromatic carbocycles. The first-order valence-electron chi connectivity index (χ1n) is 11.9. The van der Waals surface area contributed by atoms with Crippen molar-refractivity contribution in [2.45, 2.75) is 38.3 Å². The van der Waals surface area contributed by atoms with Gasteiger partial charge in [0.25, 0.3) is 10.0 Å². The molecule has 0 saturated carbocycles. The number of hydrogen-bond donors (Lipinski definition) is 1. The van der Waals surface area contributed by atoms with Crippen molar-refractivity contribution in [1.29, 1.82) is 0 Å². The van der Waals surface area contributed by atoms with Crippen molar-refractivity contribution in [3.63, 3.8) is 0 Å². The van der Waals surface area contributed by atoms with Crippen LogP contribution >= 0.6 is 0 Å². The number of carbonyl (C=O) groups is 2. The number of para-hydroxylation sites is 1. The summed E-state index contributed by atoms with van der Waals surface area (Å²) in [7, 11) is -4.04. The molecule has 0 aliphatic carbocycles. The van der Waals surface area contributed by atoms with Gasteiger partial charge in [-0.25, -0.2) is 8.42 Å². The minimum absolute atomic E-state index is 0.0824. The highest BCUT2D eigenvalue weighted by atomic mass is 32.2. The summed E-state index contributed by atoms with van der Waals surface area (Å²) in [6, 6.07) is 25.1. The van der Waals surface area contributed by atoms with E-state index >= 15 is 0 Å². The molecule has 3 rings (SSSR count). The largest absolute Gasteiger partial charge is 0.354 e. The average Bonchev–Trinajstić information content (AvgIpc) is 2.90. The van der Waals surface area contributed by atoms with Crippen LogP contribution < -0.4 is 9.62 Å². The summed E-state index contributed by atoms with van der Waals surface area (Å²) in [5.74, 6) is -0.511. The summed E-state index contributed by atoms with van der Waals surface area (Å²) in [6.45, 7) is 5.85. The molecule has 0 heterocycles. The average molecular weight is 508 g/mol. The molecule has 8 heteroatoms. The molecule has 190 valence electrons. The van der Waals surface area contributed by atoms with Gasteiger partial charge in [0, 0.05) is 13.1 Å². The SMILES string of the molecule is CC(C)CNC(=O)[C@@H](C)N(Cc1ccccc1)C(=O)CN(c1ccccc1)S(=O)(=O)c1ccccc1. The Balaban J connectivity index is 1.95. The quantitative estimate of drug-likeness (QED) is 0.424. The zero-order valence-electron chi connectivity index (χ0n) is 20.9. The van der Waals surface area contributed by atoms with Crippen LogP contribution in [0, 0.1) is 5.92 Å². The van der Waals surface area contributed by atoms with Gasteiger partial charge in [-0.1, -0.05) is 80.6 Å². The first kappa shape index (κ1) is 26.9. The van der Waals surface area contributed by atoms with Crippen LogP contribution in [0.15, 0.2) is 95.9 Å². The van der Waals surface area contributed by atoms with Crippen LogP contribution in [0.5, 0.6) is 0 Å². The Hall–Kier alpha value is -3.65. The van der Waals surface area contributed by atoms with Gasteiger partial charge in [-0.15, -0.1) is 0 Å². The first-order chi connectivity index (χ1) is 17.2. The molecule has 0 saturated heterocycles. The molecule has 36 heavy (non-hydrogen) atoms. The monoisotopic (exact) mass is 507 g/mol. The van der Waals surface area contributed by atoms with Crippen LogP contribution in [0.4, 0.5) is 5.69 Å². The smallest absolute Gasteiger partial charge is 0.264 e. The molecule has 2 amide bonds. The molecule has 7 nitrogen and oxygen atoms in total. The van der Waals surface area contributed by atoms with Crippen LogP contribution in [-0.4, -0.2) is 44.3 Å². The maximum Gasteiger partial charge on any atom is 0.264 e. The maximum absolute atomic E-state index is 13.7. The second-order valence-corrected chi connectivity index (χ2v) is 10.8. The number of anilines is 1. The minimum Gasteiger partial charge on any atom is -0.354 e. The Morgan fingerprint density at radius 2 is 1.33 bits per heavy atom. The van der Waals surface area contributed by atoms with E-state index in [4.69, 9.17) is 0 Å². The van der Waals surface area contributed by atoms with Crippen molar-refractivity contribution >= 4 is 27.5 Å². The number of benzene rings is 3. The Kier molecular flexibility index (Phi) is 9.25. The summed E-state index contributed by atoms with van der Waals surface area (Å²) < 4.78 is 28.3. The number of carbonyl (C=O) groups excluding carboxylic acids is 2. The van der Waals surface area contributed by atoms with E-state index in [2.05, 4.69) is 5.32 Å². The molecule has 0 aliphatic heterocycles. The van der Waals surface area contributed by atoms with Crippen LogP contribution in [0.25, 0.3) is 0 Å². The third kappa shape index (κ3) is 6.95. The van der Waals surface area contributed by atoms with Crippen molar-refractivity contribution in [3.8, 4) is 0 Å². The number of rotatable bonds is 11. The normalized spacial score (nSPS) is 12.1. The third-order valence-electron chi connectivity index (χ3n) is 5.70. The lowest BCUT2D eigenvalue weighted by atomic mass is 10.1. The lowest BCUT2D eigenvalue weighted by molar-refractivity contribution is -0.139. The highest BCUT2D eigenvalue weighted by Crippen LogP contribution is 2.24. The second-order valence-electron chi connectivity index (χ2n) is 8.98. The van der Waals surface area contributed by atoms with Crippen LogP contribution in [-0.2, 0) is 26.2 Å². The summed E-state index contributed by atoms with van der Waals surface area (Å²) in [5, 5.41) is 2.88. The van der Waals surface area contributed by atoms with Gasteiger partial charge in [0.05, 0.1) is 10.6 Å². The van der Waals surface area contributed by atoms with E-state index in [-0.39, 0.29) is 23.3 Å². The van der Waals surface area contributed by atoms with Crippen LogP contribution in [0.2, 0.25) is 0 Å². The number of nitrogens with one attached hydrogen (secondary N) is 1. The van der Waals surface area contributed by atoms with Crippen molar-refractivity contribution in [2.75, 3.05) is 17.4 Å². The molecular weight excluding hydrogens is 474 g/mol. The minimum atomic E-state index is -4.04. The fourth-order valence-corrected chi connectivity index (χ4v) is 5.09. The van der Waals surface area contributed by atoms with Gasteiger partial charge < -0.3 is 10.2 Å². The highest BCUT2D eigenvalue weighted by Gasteiger charge is 2.32. The van der Waals surface area contributed by atoms with Gasteiger partial charge in [0.2, 0.25) is 11.8 Å². The molecule has 0 radical (unpaired) electrons. The Morgan fingerprint density at radius 3 is 1.89 bits per heavy atom. The van der Waals surface area contributed by atoms with E-state index in [0.717, 1.165) is 9.87 Å². The lowest BCUT2D eigenvalue weighted by Gasteiger charge is -2.32. The summed E-state index contributed by atoms with van der Waals surface area (Å²) in [6.07, 6.45) is 0. The fraction of sp³-hybridized carbons (Fsp3) is 0.286. The molecule has 0 spiro atoms. The molecular formula is C28H33N3O4S. The highest BCUT2D eigenvalue weighted by molar-refractivity contribution is 7.92. The molecule has 0 aromatic heterocycles. The molecule has 0 unspecified atom stereocenters. The molecule has 1 N–H and O–H groups in total. The van der Waals surface area contributed by atoms with Crippen LogP contribution in [0.3, 0.4) is 0 Å². The molecule has 1 atom stereocenters. The maximum atomic E-state index is 13.7. The number of nitrogens with zero attached hydrogens (tertiary/aromatic N) is 2. The Bertz CT molecular complexity index is 1230. The van der Waals surface area contributed by atoms with Crippen LogP contribution in [0.1, 0.15) is 26.3 Å². The predicted molar refractivity (Wildman–Crippen MR) is 142 cm³/mol. The van der Waals surface area contributed by atoms with E-state index < -0.39 is 28.5 Å². The van der Waals surface area contributed by atoms with Crippen molar-refractivity contribution in [2.24, 2.45) is 5.92 Å². The fourth-order valence-electron chi connectivity index (χ4n) is 3.66. The molecule has 0 bridgehead atoms. The third-order valence-corrected chi connectivity index (χ3v) is 7.49. The van der Waals surface area contributed by atoms with E-state index in [0.29, 0.717) is 12.2 Å². The zero-order chi connectivity index (χ0) is 26.1. The van der Waals surface area contributed by atoms with Gasteiger partial charge in [-0.2, -0.15) is 0 Å². The number of hydrogen-bond acceptors (Lipinski definition) is 4. The van der Waals surface area contributed by atoms with E-state index in [1.54, 1.807) is 55.5 Å². The zero-order valence-corrected chi connectivity index (χ0v) is 21.7. The molecule has 0 aliphatic rings. The number of sulfonamides is 1. The van der Waals surface area contributed by atoms with Gasteiger partial charge in [-0.05, 0) is 42.7 Å². The Labute approximate surface area is 213 Å². The van der Waals surface area contributed by atoms with Gasteiger partial charge in [0.1, 0.15) is 12.6 Å². The standard InChI is InChI=1S/C28H33N3O4S/c1-22(2)19-29-28(33)23(3)30(20-24-13-7-4-8-14-24)27(32)21-31(25-15-9-5-10-16-25)36(34,35)26-17-11-6-12-18-26/h4-18,22-23H,19-21H2,1-3H3,(H,29,33)/t23-/m1/s1. The van der Waals surface area contributed by atoms with E-state index in [9.17, 15) is 18.0 Å². The second kappa shape index (κ2) is 12.4. The molecule has 0 fully saturated rings. The summed E-state index contributed by atoms with van der Waals surface area (Å²) in [5.41, 5.74) is 1.21.